The lowest BCUT2D eigenvalue weighted by Crippen LogP contribution is -2.38. The van der Waals surface area contributed by atoms with E-state index in [0.717, 1.165) is 46.9 Å². The molecule has 0 radical (unpaired) electrons. The van der Waals surface area contributed by atoms with E-state index in [9.17, 15) is 8.42 Å². The van der Waals surface area contributed by atoms with Gasteiger partial charge < -0.3 is 9.72 Å². The molecule has 0 amide bonds. The highest BCUT2D eigenvalue weighted by Gasteiger charge is 2.15. The quantitative estimate of drug-likeness (QED) is 0.407. The highest BCUT2D eigenvalue weighted by molar-refractivity contribution is 7.87. The van der Waals surface area contributed by atoms with Crippen LogP contribution in [-0.2, 0) is 16.6 Å². The Morgan fingerprint density at radius 1 is 0.967 bits per heavy atom. The zero-order chi connectivity index (χ0) is 21.4. The Morgan fingerprint density at radius 3 is 2.33 bits per heavy atom. The number of benzene rings is 2. The number of imidazole rings is 1. The van der Waals surface area contributed by atoms with Crippen molar-refractivity contribution >= 4 is 10.2 Å². The fourth-order valence-electron chi connectivity index (χ4n) is 3.06. The van der Waals surface area contributed by atoms with Crippen molar-refractivity contribution < 1.29 is 13.2 Å². The van der Waals surface area contributed by atoms with Crippen LogP contribution in [0.25, 0.3) is 22.6 Å². The van der Waals surface area contributed by atoms with Crippen LogP contribution in [0, 0.1) is 0 Å². The first kappa shape index (κ1) is 22.0. The number of H-pyrrole nitrogens is 1. The van der Waals surface area contributed by atoms with Crippen molar-refractivity contribution in [2.75, 3.05) is 20.2 Å². The van der Waals surface area contributed by atoms with Crippen molar-refractivity contribution in [3.05, 3.63) is 60.3 Å². The van der Waals surface area contributed by atoms with Crippen molar-refractivity contribution in [2.45, 2.75) is 26.2 Å². The third-order valence-electron chi connectivity index (χ3n) is 4.68. The molecule has 1 aromatic heterocycles. The zero-order valence-corrected chi connectivity index (χ0v) is 18.1. The topological polar surface area (TPSA) is 96.1 Å². The van der Waals surface area contributed by atoms with Gasteiger partial charge >= 0.3 is 0 Å². The van der Waals surface area contributed by atoms with Crippen LogP contribution in [0.3, 0.4) is 0 Å². The number of methoxy groups -OCH3 is 1. The fourth-order valence-corrected chi connectivity index (χ4v) is 3.94. The second-order valence-corrected chi connectivity index (χ2v) is 8.49. The summed E-state index contributed by atoms with van der Waals surface area (Å²) >= 11 is 0. The van der Waals surface area contributed by atoms with Crippen LogP contribution in [0.1, 0.15) is 25.5 Å². The minimum absolute atomic E-state index is 0.265. The summed E-state index contributed by atoms with van der Waals surface area (Å²) < 4.78 is 34.6. The summed E-state index contributed by atoms with van der Waals surface area (Å²) in [4.78, 5) is 8.16. The molecule has 0 aliphatic heterocycles. The molecule has 7 nitrogen and oxygen atoms in total. The van der Waals surface area contributed by atoms with Gasteiger partial charge in [0.05, 0.1) is 12.8 Å². The number of nitrogens with zero attached hydrogens (tertiary/aromatic N) is 1. The molecule has 0 spiro atoms. The molecule has 30 heavy (non-hydrogen) atoms. The molecule has 3 N–H and O–H groups in total. The predicted molar refractivity (Wildman–Crippen MR) is 120 cm³/mol. The van der Waals surface area contributed by atoms with Gasteiger partial charge in [-0.1, -0.05) is 43.7 Å². The average Bonchev–Trinajstić information content (AvgIpc) is 3.18. The first-order valence-electron chi connectivity index (χ1n) is 10.1. The summed E-state index contributed by atoms with van der Waals surface area (Å²) in [6.45, 7) is 2.72. The first-order chi connectivity index (χ1) is 14.5. The van der Waals surface area contributed by atoms with Gasteiger partial charge in [0.25, 0.3) is 10.2 Å². The molecule has 1 heterocycles. The zero-order valence-electron chi connectivity index (χ0n) is 17.3. The van der Waals surface area contributed by atoms with Crippen LogP contribution in [0.4, 0.5) is 0 Å². The lowest BCUT2D eigenvalue weighted by atomic mass is 10.1. The summed E-state index contributed by atoms with van der Waals surface area (Å²) in [5.74, 6) is 1.52. The van der Waals surface area contributed by atoms with E-state index in [2.05, 4.69) is 14.4 Å². The van der Waals surface area contributed by atoms with Crippen molar-refractivity contribution in [1.29, 1.82) is 0 Å². The highest BCUT2D eigenvalue weighted by Crippen LogP contribution is 2.27. The van der Waals surface area contributed by atoms with Crippen LogP contribution in [0.5, 0.6) is 5.75 Å². The van der Waals surface area contributed by atoms with Gasteiger partial charge in [-0.3, -0.25) is 0 Å². The largest absolute Gasteiger partial charge is 0.497 e. The second-order valence-electron chi connectivity index (χ2n) is 6.90. The SMILES string of the molecule is CCCCNS(=O)(=O)NCCc1[nH]c(-c2ccccc2)nc1-c1ccc(OC)cc1. The molecule has 0 bridgehead atoms. The van der Waals surface area contributed by atoms with Crippen LogP contribution < -0.4 is 14.2 Å². The average molecular weight is 429 g/mol. The maximum atomic E-state index is 12.1. The number of hydrogen-bond donors (Lipinski definition) is 3. The summed E-state index contributed by atoms with van der Waals surface area (Å²) in [5.41, 5.74) is 3.58. The minimum Gasteiger partial charge on any atom is -0.497 e. The van der Waals surface area contributed by atoms with E-state index in [4.69, 9.17) is 9.72 Å². The molecule has 160 valence electrons. The number of aromatic amines is 1. The van der Waals surface area contributed by atoms with E-state index in [1.54, 1.807) is 7.11 Å². The van der Waals surface area contributed by atoms with E-state index >= 15 is 0 Å². The first-order valence-corrected chi connectivity index (χ1v) is 11.5. The molecular formula is C22H28N4O3S. The molecule has 0 saturated carbocycles. The standard InChI is InChI=1S/C22H28N4O3S/c1-3-4-15-23-30(27,28)24-16-14-20-21(17-10-12-19(29-2)13-11-17)26-22(25-20)18-8-6-5-7-9-18/h5-13,23-24H,3-4,14-16H2,1-2H3,(H,25,26). The fraction of sp³-hybridized carbons (Fsp3) is 0.318. The Hall–Kier alpha value is -2.68. The lowest BCUT2D eigenvalue weighted by Gasteiger charge is -2.08. The summed E-state index contributed by atoms with van der Waals surface area (Å²) in [6.07, 6.45) is 2.23. The third kappa shape index (κ3) is 5.91. The Kier molecular flexibility index (Phi) is 7.62. The molecule has 0 fully saturated rings. The van der Waals surface area contributed by atoms with Crippen molar-refractivity contribution in [3.8, 4) is 28.4 Å². The number of aromatic nitrogens is 2. The third-order valence-corrected chi connectivity index (χ3v) is 5.85. The van der Waals surface area contributed by atoms with Gasteiger partial charge in [-0.2, -0.15) is 8.42 Å². The number of hydrogen-bond acceptors (Lipinski definition) is 4. The van der Waals surface area contributed by atoms with Crippen molar-refractivity contribution in [3.63, 3.8) is 0 Å². The maximum Gasteiger partial charge on any atom is 0.276 e. The molecule has 0 atom stereocenters. The van der Waals surface area contributed by atoms with Crippen molar-refractivity contribution in [1.82, 2.24) is 19.4 Å². The highest BCUT2D eigenvalue weighted by atomic mass is 32.2. The Labute approximate surface area is 178 Å². The molecule has 3 aromatic rings. The molecule has 0 unspecified atom stereocenters. The van der Waals surface area contributed by atoms with E-state index in [1.807, 2.05) is 61.5 Å². The van der Waals surface area contributed by atoms with Crippen LogP contribution in [-0.4, -0.2) is 38.6 Å². The van der Waals surface area contributed by atoms with Gasteiger partial charge in [-0.25, -0.2) is 14.4 Å². The monoisotopic (exact) mass is 428 g/mol. The van der Waals surface area contributed by atoms with Crippen molar-refractivity contribution in [2.24, 2.45) is 0 Å². The molecule has 8 heteroatoms. The Balaban J connectivity index is 1.80. The van der Waals surface area contributed by atoms with Gasteiger partial charge in [0, 0.05) is 36.3 Å². The van der Waals surface area contributed by atoms with E-state index in [-0.39, 0.29) is 6.54 Å². The summed E-state index contributed by atoms with van der Waals surface area (Å²) in [6, 6.07) is 17.5. The van der Waals surface area contributed by atoms with Crippen LogP contribution in [0.15, 0.2) is 54.6 Å². The number of nitrogens with one attached hydrogen (secondary N) is 3. The molecule has 0 aliphatic carbocycles. The molecule has 0 saturated heterocycles. The van der Waals surface area contributed by atoms with Gasteiger partial charge in [0.15, 0.2) is 0 Å². The molecule has 0 aliphatic rings. The smallest absolute Gasteiger partial charge is 0.276 e. The second kappa shape index (κ2) is 10.4. The van der Waals surface area contributed by atoms with Gasteiger partial charge in [-0.05, 0) is 30.7 Å². The Morgan fingerprint density at radius 2 is 1.67 bits per heavy atom. The summed E-state index contributed by atoms with van der Waals surface area (Å²) in [5, 5.41) is 0. The van der Waals surface area contributed by atoms with E-state index in [0.29, 0.717) is 13.0 Å². The summed E-state index contributed by atoms with van der Waals surface area (Å²) in [7, 11) is -1.88. The number of rotatable bonds is 11. The van der Waals surface area contributed by atoms with Crippen LogP contribution in [0.2, 0.25) is 0 Å². The van der Waals surface area contributed by atoms with E-state index in [1.165, 1.54) is 0 Å². The molecule has 2 aromatic carbocycles. The Bertz CT molecular complexity index is 1030. The van der Waals surface area contributed by atoms with Gasteiger partial charge in [0.2, 0.25) is 0 Å². The molecular weight excluding hydrogens is 400 g/mol. The maximum absolute atomic E-state index is 12.1. The minimum atomic E-state index is -3.51. The van der Waals surface area contributed by atoms with Crippen LogP contribution >= 0.6 is 0 Å². The van der Waals surface area contributed by atoms with E-state index < -0.39 is 10.2 Å². The molecule has 3 rings (SSSR count). The number of unbranched alkanes of at least 4 members (excludes halogenated alkanes) is 1. The normalized spacial score (nSPS) is 11.5. The van der Waals surface area contributed by atoms with Gasteiger partial charge in [0.1, 0.15) is 11.6 Å². The number of ether oxygens (including phenoxy) is 1. The van der Waals surface area contributed by atoms with Gasteiger partial charge in [-0.15, -0.1) is 0 Å². The lowest BCUT2D eigenvalue weighted by molar-refractivity contribution is 0.415. The predicted octanol–water partition coefficient (Wildman–Crippen LogP) is 3.52.